The molecule has 1 aliphatic heterocycles. The van der Waals surface area contributed by atoms with E-state index in [4.69, 9.17) is 0 Å². The average molecular weight is 279 g/mol. The van der Waals surface area contributed by atoms with Crippen molar-refractivity contribution in [2.24, 2.45) is 0 Å². The van der Waals surface area contributed by atoms with Gasteiger partial charge in [0.05, 0.1) is 11.9 Å². The first-order chi connectivity index (χ1) is 9.56. The molecule has 6 heteroatoms. The zero-order valence-corrected chi connectivity index (χ0v) is 12.7. The fourth-order valence-corrected chi connectivity index (χ4v) is 2.50. The molecule has 112 valence electrons. The molecular formula is C14H25N5O. The molecule has 0 bridgehead atoms. The lowest BCUT2D eigenvalue weighted by Crippen LogP contribution is -2.43. The third-order valence-corrected chi connectivity index (χ3v) is 3.70. The SMILES string of the molecule is CC(C)NCc1cn(CC(=O)N2CCCCC2C)nn1. The number of hydrogen-bond donors (Lipinski definition) is 1. The van der Waals surface area contributed by atoms with Gasteiger partial charge in [0, 0.05) is 25.2 Å². The molecule has 6 nitrogen and oxygen atoms in total. The minimum absolute atomic E-state index is 0.144. The summed E-state index contributed by atoms with van der Waals surface area (Å²) in [6.07, 6.45) is 5.28. The molecule has 0 aliphatic carbocycles. The second-order valence-electron chi connectivity index (χ2n) is 5.87. The topological polar surface area (TPSA) is 63.1 Å². The van der Waals surface area contributed by atoms with Crippen LogP contribution in [0.5, 0.6) is 0 Å². The summed E-state index contributed by atoms with van der Waals surface area (Å²) in [5.41, 5.74) is 0.873. The first kappa shape index (κ1) is 15.0. The summed E-state index contributed by atoms with van der Waals surface area (Å²) >= 11 is 0. The number of likely N-dealkylation sites (tertiary alicyclic amines) is 1. The number of aromatic nitrogens is 3. The Hall–Kier alpha value is -1.43. The summed E-state index contributed by atoms with van der Waals surface area (Å²) < 4.78 is 1.64. The third kappa shape index (κ3) is 4.03. The lowest BCUT2D eigenvalue weighted by molar-refractivity contribution is -0.135. The van der Waals surface area contributed by atoms with E-state index in [1.54, 1.807) is 4.68 Å². The van der Waals surface area contributed by atoms with E-state index < -0.39 is 0 Å². The molecule has 20 heavy (non-hydrogen) atoms. The Labute approximate surface area is 120 Å². The highest BCUT2D eigenvalue weighted by molar-refractivity contribution is 5.76. The second kappa shape index (κ2) is 6.83. The van der Waals surface area contributed by atoms with Gasteiger partial charge < -0.3 is 10.2 Å². The van der Waals surface area contributed by atoms with Gasteiger partial charge in [-0.25, -0.2) is 4.68 Å². The van der Waals surface area contributed by atoms with E-state index >= 15 is 0 Å². The van der Waals surface area contributed by atoms with Crippen LogP contribution in [0.3, 0.4) is 0 Å². The molecule has 0 radical (unpaired) electrons. The molecule has 1 aromatic heterocycles. The number of hydrogen-bond acceptors (Lipinski definition) is 4. The molecule has 2 heterocycles. The highest BCUT2D eigenvalue weighted by Gasteiger charge is 2.23. The van der Waals surface area contributed by atoms with E-state index in [1.165, 1.54) is 6.42 Å². The number of nitrogens with one attached hydrogen (secondary N) is 1. The van der Waals surface area contributed by atoms with E-state index in [0.717, 1.165) is 25.1 Å². The molecule has 0 aromatic carbocycles. The Morgan fingerprint density at radius 1 is 1.50 bits per heavy atom. The molecule has 1 N–H and O–H groups in total. The Morgan fingerprint density at radius 3 is 3.00 bits per heavy atom. The Kier molecular flexibility index (Phi) is 5.11. The maximum Gasteiger partial charge on any atom is 0.244 e. The van der Waals surface area contributed by atoms with Gasteiger partial charge in [0.1, 0.15) is 6.54 Å². The van der Waals surface area contributed by atoms with Crippen LogP contribution in [0.2, 0.25) is 0 Å². The Morgan fingerprint density at radius 2 is 2.30 bits per heavy atom. The van der Waals surface area contributed by atoms with Gasteiger partial charge in [-0.3, -0.25) is 4.79 Å². The van der Waals surface area contributed by atoms with Crippen molar-refractivity contribution in [2.75, 3.05) is 6.54 Å². The van der Waals surface area contributed by atoms with Gasteiger partial charge in [0.15, 0.2) is 0 Å². The van der Waals surface area contributed by atoms with Gasteiger partial charge in [0.25, 0.3) is 0 Å². The van der Waals surface area contributed by atoms with Crippen molar-refractivity contribution >= 4 is 5.91 Å². The maximum absolute atomic E-state index is 12.3. The zero-order chi connectivity index (χ0) is 14.5. The van der Waals surface area contributed by atoms with Crippen molar-refractivity contribution in [3.63, 3.8) is 0 Å². The Balaban J connectivity index is 1.87. The van der Waals surface area contributed by atoms with Gasteiger partial charge in [-0.2, -0.15) is 0 Å². The highest BCUT2D eigenvalue weighted by atomic mass is 16.2. The fraction of sp³-hybridized carbons (Fsp3) is 0.786. The van der Waals surface area contributed by atoms with Crippen LogP contribution in [0.4, 0.5) is 0 Å². The summed E-state index contributed by atoms with van der Waals surface area (Å²) in [5.74, 6) is 0.144. The molecular weight excluding hydrogens is 254 g/mol. The number of carbonyl (C=O) groups excluding carboxylic acids is 1. The van der Waals surface area contributed by atoms with Crippen molar-refractivity contribution in [3.05, 3.63) is 11.9 Å². The van der Waals surface area contributed by atoms with Gasteiger partial charge in [-0.1, -0.05) is 19.1 Å². The van der Waals surface area contributed by atoms with Gasteiger partial charge >= 0.3 is 0 Å². The lowest BCUT2D eigenvalue weighted by atomic mass is 10.0. The largest absolute Gasteiger partial charge is 0.338 e. The van der Waals surface area contributed by atoms with E-state index in [9.17, 15) is 4.79 Å². The Bertz CT molecular complexity index is 443. The van der Waals surface area contributed by atoms with Crippen molar-refractivity contribution in [2.45, 2.75) is 65.2 Å². The molecule has 2 rings (SSSR count). The smallest absolute Gasteiger partial charge is 0.244 e. The fourth-order valence-electron chi connectivity index (χ4n) is 2.50. The molecule has 1 amide bonds. The monoisotopic (exact) mass is 279 g/mol. The molecule has 1 aliphatic rings. The lowest BCUT2D eigenvalue weighted by Gasteiger charge is -2.33. The van der Waals surface area contributed by atoms with Gasteiger partial charge in [-0.15, -0.1) is 5.10 Å². The van der Waals surface area contributed by atoms with E-state index in [2.05, 4.69) is 36.4 Å². The normalized spacial score (nSPS) is 19.6. The number of piperidine rings is 1. The molecule has 1 fully saturated rings. The van der Waals surface area contributed by atoms with Crippen LogP contribution in [-0.4, -0.2) is 44.4 Å². The van der Waals surface area contributed by atoms with Gasteiger partial charge in [0.2, 0.25) is 5.91 Å². The number of nitrogens with zero attached hydrogens (tertiary/aromatic N) is 4. The van der Waals surface area contributed by atoms with E-state index in [1.807, 2.05) is 11.1 Å². The van der Waals surface area contributed by atoms with Crippen LogP contribution < -0.4 is 5.32 Å². The molecule has 1 atom stereocenters. The third-order valence-electron chi connectivity index (χ3n) is 3.70. The zero-order valence-electron chi connectivity index (χ0n) is 12.7. The van der Waals surface area contributed by atoms with E-state index in [-0.39, 0.29) is 5.91 Å². The number of carbonyl (C=O) groups is 1. The van der Waals surface area contributed by atoms with Crippen LogP contribution in [0, 0.1) is 0 Å². The van der Waals surface area contributed by atoms with Crippen molar-refractivity contribution in [1.82, 2.24) is 25.2 Å². The molecule has 1 aromatic rings. The minimum atomic E-state index is 0.144. The minimum Gasteiger partial charge on any atom is -0.338 e. The summed E-state index contributed by atoms with van der Waals surface area (Å²) in [6, 6.07) is 0.762. The van der Waals surface area contributed by atoms with E-state index in [0.29, 0.717) is 25.2 Å². The predicted molar refractivity (Wildman–Crippen MR) is 77.0 cm³/mol. The first-order valence-corrected chi connectivity index (χ1v) is 7.48. The quantitative estimate of drug-likeness (QED) is 0.879. The maximum atomic E-state index is 12.3. The number of rotatable bonds is 5. The summed E-state index contributed by atoms with van der Waals surface area (Å²) in [4.78, 5) is 14.2. The second-order valence-corrected chi connectivity index (χ2v) is 5.87. The predicted octanol–water partition coefficient (Wildman–Crippen LogP) is 1.18. The van der Waals surface area contributed by atoms with Crippen LogP contribution in [0.1, 0.15) is 45.7 Å². The molecule has 1 unspecified atom stereocenters. The molecule has 0 spiro atoms. The summed E-state index contributed by atoms with van der Waals surface area (Å²) in [6.45, 7) is 8.15. The van der Waals surface area contributed by atoms with Crippen molar-refractivity contribution in [3.8, 4) is 0 Å². The first-order valence-electron chi connectivity index (χ1n) is 7.48. The van der Waals surface area contributed by atoms with Crippen LogP contribution in [0.25, 0.3) is 0 Å². The standard InChI is InChI=1S/C14H25N5O/c1-11(2)15-8-13-9-18(17-16-13)10-14(20)19-7-5-4-6-12(19)3/h9,11-12,15H,4-8,10H2,1-3H3. The van der Waals surface area contributed by atoms with Crippen LogP contribution in [0.15, 0.2) is 6.20 Å². The van der Waals surface area contributed by atoms with Crippen LogP contribution in [-0.2, 0) is 17.9 Å². The summed E-state index contributed by atoms with van der Waals surface area (Å²) in [7, 11) is 0. The molecule has 0 saturated carbocycles. The van der Waals surface area contributed by atoms with Crippen LogP contribution >= 0.6 is 0 Å². The summed E-state index contributed by atoms with van der Waals surface area (Å²) in [5, 5.41) is 11.4. The average Bonchev–Trinajstić information content (AvgIpc) is 2.84. The van der Waals surface area contributed by atoms with Crippen molar-refractivity contribution < 1.29 is 4.79 Å². The molecule has 1 saturated heterocycles. The van der Waals surface area contributed by atoms with Crippen molar-refractivity contribution in [1.29, 1.82) is 0 Å². The van der Waals surface area contributed by atoms with Gasteiger partial charge in [-0.05, 0) is 26.2 Å². The highest BCUT2D eigenvalue weighted by Crippen LogP contribution is 2.16. The number of amides is 1.